The monoisotopic (exact) mass is 351 g/mol. The Bertz CT molecular complexity index is 167. The Morgan fingerprint density at radius 2 is 1.15 bits per heavy atom. The summed E-state index contributed by atoms with van der Waals surface area (Å²) in [7, 11) is 0. The van der Waals surface area contributed by atoms with Gasteiger partial charge in [0, 0.05) is 13.2 Å². The Labute approximate surface area is 138 Å². The van der Waals surface area contributed by atoms with Crippen LogP contribution in [0, 0.1) is 0 Å². The molecule has 0 saturated carbocycles. The van der Waals surface area contributed by atoms with E-state index in [4.69, 9.17) is 10.5 Å². The van der Waals surface area contributed by atoms with Gasteiger partial charge in [0.15, 0.2) is 0 Å². The van der Waals surface area contributed by atoms with Crippen LogP contribution in [0.3, 0.4) is 0 Å². The van der Waals surface area contributed by atoms with Crippen molar-refractivity contribution in [2.45, 2.75) is 97.0 Å². The summed E-state index contributed by atoms with van der Waals surface area (Å²) < 4.78 is 5.56. The lowest BCUT2D eigenvalue weighted by Crippen LogP contribution is -2.20. The summed E-state index contributed by atoms with van der Waals surface area (Å²) in [4.78, 5) is 0. The first kappa shape index (κ1) is 22.7. The molecule has 0 aliphatic rings. The second-order valence-corrected chi connectivity index (χ2v) is 5.81. The third kappa shape index (κ3) is 18.4. The highest BCUT2D eigenvalue weighted by molar-refractivity contribution is 8.93. The topological polar surface area (TPSA) is 35.2 Å². The van der Waals surface area contributed by atoms with Crippen molar-refractivity contribution in [3.8, 4) is 0 Å². The molecular weight excluding hydrogens is 314 g/mol. The van der Waals surface area contributed by atoms with Crippen molar-refractivity contribution < 1.29 is 4.74 Å². The van der Waals surface area contributed by atoms with Crippen molar-refractivity contribution in [2.24, 2.45) is 5.73 Å². The van der Waals surface area contributed by atoms with E-state index < -0.39 is 0 Å². The molecule has 2 N–H and O–H groups in total. The molecular formula is C17H38BrNO. The molecule has 0 aromatic carbocycles. The first-order chi connectivity index (χ1) is 9.31. The molecule has 0 aliphatic heterocycles. The smallest absolute Gasteiger partial charge is 0.0669 e. The lowest BCUT2D eigenvalue weighted by molar-refractivity contribution is 0.0689. The normalized spacial score (nSPS) is 12.2. The molecule has 0 aliphatic carbocycles. The van der Waals surface area contributed by atoms with Gasteiger partial charge in [0.2, 0.25) is 0 Å². The molecule has 20 heavy (non-hydrogen) atoms. The molecule has 0 heterocycles. The van der Waals surface area contributed by atoms with E-state index in [1.807, 2.05) is 6.92 Å². The van der Waals surface area contributed by atoms with Gasteiger partial charge in [0.1, 0.15) is 0 Å². The molecule has 0 aromatic rings. The van der Waals surface area contributed by atoms with Crippen LogP contribution in [0.25, 0.3) is 0 Å². The Balaban J connectivity index is 0. The predicted octanol–water partition coefficient (Wildman–Crippen LogP) is 5.63. The molecule has 1 atom stereocenters. The van der Waals surface area contributed by atoms with E-state index in [1.165, 1.54) is 77.0 Å². The third-order valence-electron chi connectivity index (χ3n) is 3.73. The molecule has 0 aromatic heterocycles. The minimum atomic E-state index is 0. The summed E-state index contributed by atoms with van der Waals surface area (Å²) in [5.41, 5.74) is 5.49. The van der Waals surface area contributed by atoms with Crippen molar-refractivity contribution in [2.75, 3.05) is 13.2 Å². The van der Waals surface area contributed by atoms with E-state index >= 15 is 0 Å². The van der Waals surface area contributed by atoms with Crippen molar-refractivity contribution in [1.82, 2.24) is 0 Å². The molecule has 0 fully saturated rings. The Kier molecular flexibility index (Phi) is 22.0. The summed E-state index contributed by atoms with van der Waals surface area (Å²) in [5, 5.41) is 0. The van der Waals surface area contributed by atoms with Crippen LogP contribution in [0.5, 0.6) is 0 Å². The summed E-state index contributed by atoms with van der Waals surface area (Å²) >= 11 is 0. The molecule has 2 nitrogen and oxygen atoms in total. The van der Waals surface area contributed by atoms with Gasteiger partial charge in [0.25, 0.3) is 0 Å². The molecule has 1 unspecified atom stereocenters. The Morgan fingerprint density at radius 1 is 0.750 bits per heavy atom. The van der Waals surface area contributed by atoms with E-state index in [0.29, 0.717) is 6.54 Å². The second-order valence-electron chi connectivity index (χ2n) is 5.81. The van der Waals surface area contributed by atoms with E-state index in [-0.39, 0.29) is 23.1 Å². The highest BCUT2D eigenvalue weighted by atomic mass is 79.9. The van der Waals surface area contributed by atoms with Gasteiger partial charge in [-0.05, 0) is 13.3 Å². The minimum absolute atomic E-state index is 0. The largest absolute Gasteiger partial charge is 0.377 e. The SMILES string of the molecule is Br.CCCCCCCCCCCCCCOC(C)CN. The highest BCUT2D eigenvalue weighted by Gasteiger charge is 1.97. The fourth-order valence-electron chi connectivity index (χ4n) is 2.30. The molecule has 0 bridgehead atoms. The Hall–Kier alpha value is 0.400. The highest BCUT2D eigenvalue weighted by Crippen LogP contribution is 2.11. The van der Waals surface area contributed by atoms with Gasteiger partial charge in [-0.25, -0.2) is 0 Å². The number of hydrogen-bond acceptors (Lipinski definition) is 2. The second kappa shape index (κ2) is 19.4. The number of halogens is 1. The zero-order chi connectivity index (χ0) is 14.2. The van der Waals surface area contributed by atoms with E-state index in [2.05, 4.69) is 6.92 Å². The fraction of sp³-hybridized carbons (Fsp3) is 1.00. The van der Waals surface area contributed by atoms with Crippen LogP contribution in [0.1, 0.15) is 90.9 Å². The van der Waals surface area contributed by atoms with Crippen LogP contribution < -0.4 is 5.73 Å². The van der Waals surface area contributed by atoms with Crippen molar-refractivity contribution in [3.05, 3.63) is 0 Å². The summed E-state index contributed by atoms with van der Waals surface area (Å²) in [6.45, 7) is 5.84. The summed E-state index contributed by atoms with van der Waals surface area (Å²) in [5.74, 6) is 0. The maximum absolute atomic E-state index is 5.56. The number of hydrogen-bond donors (Lipinski definition) is 1. The lowest BCUT2D eigenvalue weighted by Gasteiger charge is -2.09. The minimum Gasteiger partial charge on any atom is -0.377 e. The zero-order valence-corrected chi connectivity index (χ0v) is 15.6. The maximum Gasteiger partial charge on any atom is 0.0669 e. The van der Waals surface area contributed by atoms with E-state index in [1.54, 1.807) is 0 Å². The van der Waals surface area contributed by atoms with Gasteiger partial charge >= 0.3 is 0 Å². The quantitative estimate of drug-likeness (QED) is 0.388. The first-order valence-electron chi connectivity index (χ1n) is 8.63. The third-order valence-corrected chi connectivity index (χ3v) is 3.73. The molecule has 0 spiro atoms. The van der Waals surface area contributed by atoms with Gasteiger partial charge in [-0.1, -0.05) is 77.6 Å². The molecule has 0 radical (unpaired) electrons. The molecule has 124 valence electrons. The number of rotatable bonds is 15. The average molecular weight is 352 g/mol. The van der Waals surface area contributed by atoms with Gasteiger partial charge < -0.3 is 10.5 Å². The lowest BCUT2D eigenvalue weighted by atomic mass is 10.1. The number of nitrogens with two attached hydrogens (primary N) is 1. The number of unbranched alkanes of at least 4 members (excludes halogenated alkanes) is 11. The number of ether oxygens (including phenoxy) is 1. The summed E-state index contributed by atoms with van der Waals surface area (Å²) in [6, 6.07) is 0. The Morgan fingerprint density at radius 3 is 1.55 bits per heavy atom. The molecule has 0 rings (SSSR count). The van der Waals surface area contributed by atoms with E-state index in [0.717, 1.165) is 6.61 Å². The van der Waals surface area contributed by atoms with Gasteiger partial charge in [-0.15, -0.1) is 17.0 Å². The summed E-state index contributed by atoms with van der Waals surface area (Å²) in [6.07, 6.45) is 16.9. The molecule has 3 heteroatoms. The maximum atomic E-state index is 5.56. The van der Waals surface area contributed by atoms with Gasteiger partial charge in [-0.3, -0.25) is 0 Å². The first-order valence-corrected chi connectivity index (χ1v) is 8.63. The molecule has 0 amide bonds. The predicted molar refractivity (Wildman–Crippen MR) is 95.9 cm³/mol. The van der Waals surface area contributed by atoms with Crippen LogP contribution in [0.4, 0.5) is 0 Å². The van der Waals surface area contributed by atoms with Crippen LogP contribution in [0.2, 0.25) is 0 Å². The van der Waals surface area contributed by atoms with Crippen molar-refractivity contribution >= 4 is 17.0 Å². The average Bonchev–Trinajstić information content (AvgIpc) is 2.43. The van der Waals surface area contributed by atoms with Crippen LogP contribution in [0.15, 0.2) is 0 Å². The zero-order valence-electron chi connectivity index (χ0n) is 13.9. The van der Waals surface area contributed by atoms with Crippen molar-refractivity contribution in [3.63, 3.8) is 0 Å². The van der Waals surface area contributed by atoms with Gasteiger partial charge in [-0.2, -0.15) is 0 Å². The van der Waals surface area contributed by atoms with Crippen LogP contribution in [-0.2, 0) is 4.74 Å². The van der Waals surface area contributed by atoms with Crippen LogP contribution in [-0.4, -0.2) is 19.3 Å². The van der Waals surface area contributed by atoms with E-state index in [9.17, 15) is 0 Å². The standard InChI is InChI=1S/C17H37NO.BrH/c1-3-4-5-6-7-8-9-10-11-12-13-14-15-19-17(2)16-18;/h17H,3-16,18H2,1-2H3;1H. The molecule has 0 saturated heterocycles. The van der Waals surface area contributed by atoms with Gasteiger partial charge in [0.05, 0.1) is 6.10 Å². The fourth-order valence-corrected chi connectivity index (χ4v) is 2.30. The van der Waals surface area contributed by atoms with Crippen molar-refractivity contribution in [1.29, 1.82) is 0 Å². The van der Waals surface area contributed by atoms with Crippen LogP contribution >= 0.6 is 17.0 Å².